The Bertz CT molecular complexity index is 609. The largest absolute Gasteiger partial charge is 0.481 e. The number of nitrogens with one attached hydrogen (secondary N) is 1. The van der Waals surface area contributed by atoms with Gasteiger partial charge in [0.15, 0.2) is 0 Å². The summed E-state index contributed by atoms with van der Waals surface area (Å²) in [4.78, 5) is 25.3. The van der Waals surface area contributed by atoms with E-state index in [1.54, 1.807) is 19.2 Å². The highest BCUT2D eigenvalue weighted by Gasteiger charge is 2.15. The van der Waals surface area contributed by atoms with E-state index in [1.807, 2.05) is 0 Å². The molecule has 0 saturated carbocycles. The predicted molar refractivity (Wildman–Crippen MR) is 80.1 cm³/mol. The van der Waals surface area contributed by atoms with E-state index in [-0.39, 0.29) is 25.4 Å². The molecule has 118 valence electrons. The molecule has 0 radical (unpaired) electrons. The minimum Gasteiger partial charge on any atom is -0.481 e. The van der Waals surface area contributed by atoms with Crippen LogP contribution in [0, 0.1) is 0 Å². The first-order valence-electron chi connectivity index (χ1n) is 6.19. The topological polar surface area (TPSA) is 104 Å². The molecule has 0 saturated heterocycles. The van der Waals surface area contributed by atoms with E-state index >= 15 is 0 Å². The van der Waals surface area contributed by atoms with E-state index in [0.717, 1.165) is 11.1 Å². The van der Waals surface area contributed by atoms with Gasteiger partial charge < -0.3 is 10.0 Å². The number of rotatable bonds is 8. The molecule has 7 nitrogen and oxygen atoms in total. The van der Waals surface area contributed by atoms with Crippen LogP contribution in [-0.4, -0.2) is 56.7 Å². The van der Waals surface area contributed by atoms with Crippen molar-refractivity contribution in [3.8, 4) is 0 Å². The van der Waals surface area contributed by atoms with Gasteiger partial charge in [-0.2, -0.15) is 0 Å². The Balaban J connectivity index is 2.53. The number of hydrogen-bond donors (Lipinski definition) is 2. The zero-order valence-corrected chi connectivity index (χ0v) is 13.5. The molecule has 21 heavy (non-hydrogen) atoms. The molecule has 1 heterocycles. The Morgan fingerprint density at radius 1 is 1.38 bits per heavy atom. The third kappa shape index (κ3) is 6.69. The highest BCUT2D eigenvalue weighted by atomic mass is 32.2. The van der Waals surface area contributed by atoms with Gasteiger partial charge in [0.25, 0.3) is 5.91 Å². The summed E-state index contributed by atoms with van der Waals surface area (Å²) in [6.07, 6.45) is 1.50. The Labute approximate surface area is 127 Å². The fourth-order valence-corrected chi connectivity index (χ4v) is 3.01. The Kier molecular flexibility index (Phi) is 6.31. The number of hydrogen-bond acceptors (Lipinski definition) is 5. The van der Waals surface area contributed by atoms with Crippen LogP contribution in [-0.2, 0) is 21.2 Å². The monoisotopic (exact) mass is 334 g/mol. The smallest absolute Gasteiger partial charge is 0.305 e. The quantitative estimate of drug-likeness (QED) is 0.715. The molecular weight excluding hydrogens is 316 g/mol. The van der Waals surface area contributed by atoms with E-state index in [4.69, 9.17) is 5.11 Å². The maximum Gasteiger partial charge on any atom is 0.305 e. The van der Waals surface area contributed by atoms with Crippen molar-refractivity contribution in [2.24, 2.45) is 0 Å². The molecule has 0 aliphatic rings. The lowest BCUT2D eigenvalue weighted by Gasteiger charge is -2.14. The SMILES string of the molecule is CN(CCC(=O)O)C(=O)c1ccc(CCNS(C)(=O)=O)s1. The zero-order valence-electron chi connectivity index (χ0n) is 11.8. The molecule has 0 aromatic carbocycles. The lowest BCUT2D eigenvalue weighted by atomic mass is 10.3. The van der Waals surface area contributed by atoms with Gasteiger partial charge in [0.05, 0.1) is 17.6 Å². The molecule has 0 spiro atoms. The summed E-state index contributed by atoms with van der Waals surface area (Å²) >= 11 is 1.28. The number of carboxylic acids is 1. The van der Waals surface area contributed by atoms with Crippen molar-refractivity contribution >= 4 is 33.2 Å². The number of amides is 1. The van der Waals surface area contributed by atoms with Crippen LogP contribution in [0.3, 0.4) is 0 Å². The number of carboxylic acid groups (broad SMARTS) is 1. The standard InChI is InChI=1S/C12H18N2O5S2/c1-14(8-6-11(15)16)12(17)10-4-3-9(20-10)5-7-13-21(2,18)19/h3-4,13H,5-8H2,1-2H3,(H,15,16). The van der Waals surface area contributed by atoms with Gasteiger partial charge in [0.1, 0.15) is 0 Å². The molecule has 0 atom stereocenters. The second-order valence-corrected chi connectivity index (χ2v) is 7.55. The number of aliphatic carboxylic acids is 1. The van der Waals surface area contributed by atoms with Gasteiger partial charge in [0.2, 0.25) is 10.0 Å². The molecule has 0 aliphatic carbocycles. The molecular formula is C12H18N2O5S2. The number of nitrogens with zero attached hydrogens (tertiary/aromatic N) is 1. The van der Waals surface area contributed by atoms with Crippen LogP contribution in [0.5, 0.6) is 0 Å². The van der Waals surface area contributed by atoms with E-state index in [2.05, 4.69) is 4.72 Å². The van der Waals surface area contributed by atoms with Gasteiger partial charge in [-0.25, -0.2) is 13.1 Å². The first-order chi connectivity index (χ1) is 9.69. The summed E-state index contributed by atoms with van der Waals surface area (Å²) in [6.45, 7) is 0.429. The summed E-state index contributed by atoms with van der Waals surface area (Å²) in [5, 5.41) is 8.59. The third-order valence-corrected chi connectivity index (χ3v) is 4.48. The van der Waals surface area contributed by atoms with Gasteiger partial charge in [-0.1, -0.05) is 0 Å². The second kappa shape index (κ2) is 7.53. The summed E-state index contributed by atoms with van der Waals surface area (Å²) in [7, 11) is -1.66. The van der Waals surface area contributed by atoms with E-state index in [0.29, 0.717) is 11.3 Å². The van der Waals surface area contributed by atoms with Crippen LogP contribution >= 0.6 is 11.3 Å². The average molecular weight is 334 g/mol. The molecule has 1 amide bonds. The lowest BCUT2D eigenvalue weighted by Crippen LogP contribution is -2.28. The van der Waals surface area contributed by atoms with Crippen molar-refractivity contribution in [3.63, 3.8) is 0 Å². The minimum absolute atomic E-state index is 0.0985. The van der Waals surface area contributed by atoms with Crippen LogP contribution in [0.15, 0.2) is 12.1 Å². The molecule has 1 aromatic rings. The molecule has 0 bridgehead atoms. The van der Waals surface area contributed by atoms with Crippen molar-refractivity contribution in [2.45, 2.75) is 12.8 Å². The average Bonchev–Trinajstić information content (AvgIpc) is 2.82. The molecule has 0 unspecified atom stereocenters. The van der Waals surface area contributed by atoms with Crippen molar-refractivity contribution in [1.82, 2.24) is 9.62 Å². The van der Waals surface area contributed by atoms with Crippen molar-refractivity contribution in [3.05, 3.63) is 21.9 Å². The number of carbonyl (C=O) groups excluding carboxylic acids is 1. The normalized spacial score (nSPS) is 11.3. The molecule has 0 aliphatic heterocycles. The van der Waals surface area contributed by atoms with E-state index in [9.17, 15) is 18.0 Å². The summed E-state index contributed by atoms with van der Waals surface area (Å²) in [5.74, 6) is -1.18. The van der Waals surface area contributed by atoms with Crippen LogP contribution in [0.4, 0.5) is 0 Å². The van der Waals surface area contributed by atoms with Gasteiger partial charge in [-0.3, -0.25) is 9.59 Å². The van der Waals surface area contributed by atoms with E-state index in [1.165, 1.54) is 16.2 Å². The van der Waals surface area contributed by atoms with Crippen molar-refractivity contribution in [2.75, 3.05) is 26.4 Å². The summed E-state index contributed by atoms with van der Waals surface area (Å²) in [5.41, 5.74) is 0. The van der Waals surface area contributed by atoms with Crippen LogP contribution in [0.25, 0.3) is 0 Å². The van der Waals surface area contributed by atoms with E-state index < -0.39 is 16.0 Å². The predicted octanol–water partition coefficient (Wildman–Crippen LogP) is 0.387. The van der Waals surface area contributed by atoms with Crippen LogP contribution in [0.2, 0.25) is 0 Å². The Morgan fingerprint density at radius 2 is 2.05 bits per heavy atom. The number of carbonyl (C=O) groups is 2. The highest BCUT2D eigenvalue weighted by molar-refractivity contribution is 7.88. The second-order valence-electron chi connectivity index (χ2n) is 4.55. The highest BCUT2D eigenvalue weighted by Crippen LogP contribution is 2.18. The van der Waals surface area contributed by atoms with Crippen molar-refractivity contribution < 1.29 is 23.1 Å². The van der Waals surface area contributed by atoms with Gasteiger partial charge in [-0.15, -0.1) is 11.3 Å². The number of sulfonamides is 1. The van der Waals surface area contributed by atoms with Gasteiger partial charge in [0, 0.05) is 25.0 Å². The minimum atomic E-state index is -3.21. The van der Waals surface area contributed by atoms with Gasteiger partial charge >= 0.3 is 5.97 Å². The summed E-state index contributed by atoms with van der Waals surface area (Å²) < 4.78 is 24.3. The van der Waals surface area contributed by atoms with Gasteiger partial charge in [-0.05, 0) is 18.6 Å². The van der Waals surface area contributed by atoms with Crippen LogP contribution < -0.4 is 4.72 Å². The fourth-order valence-electron chi connectivity index (χ4n) is 1.54. The van der Waals surface area contributed by atoms with Crippen LogP contribution in [0.1, 0.15) is 21.0 Å². The first kappa shape index (κ1) is 17.6. The summed E-state index contributed by atoms with van der Waals surface area (Å²) in [6, 6.07) is 3.44. The lowest BCUT2D eigenvalue weighted by molar-refractivity contribution is -0.137. The number of thiophene rings is 1. The fraction of sp³-hybridized carbons (Fsp3) is 0.500. The Hall–Kier alpha value is -1.45. The molecule has 9 heteroatoms. The Morgan fingerprint density at radius 3 is 2.62 bits per heavy atom. The maximum absolute atomic E-state index is 12.0. The maximum atomic E-state index is 12.0. The molecule has 0 fully saturated rings. The molecule has 2 N–H and O–H groups in total. The first-order valence-corrected chi connectivity index (χ1v) is 8.90. The molecule has 1 rings (SSSR count). The van der Waals surface area contributed by atoms with Crippen molar-refractivity contribution in [1.29, 1.82) is 0 Å². The molecule has 1 aromatic heterocycles. The zero-order chi connectivity index (χ0) is 16.0. The third-order valence-electron chi connectivity index (χ3n) is 2.62.